The van der Waals surface area contributed by atoms with Crippen molar-refractivity contribution < 1.29 is 9.53 Å². The fraction of sp³-hybridized carbons (Fsp3) is 0.318. The number of carbonyl (C=O) groups excluding carboxylic acids is 1. The lowest BCUT2D eigenvalue weighted by molar-refractivity contribution is -0.133. The Morgan fingerprint density at radius 1 is 1.10 bits per heavy atom. The van der Waals surface area contributed by atoms with Crippen LogP contribution < -0.4 is 10.3 Å². The van der Waals surface area contributed by atoms with Gasteiger partial charge in [-0.15, -0.1) is 5.10 Å². The van der Waals surface area contributed by atoms with E-state index in [2.05, 4.69) is 15.1 Å². The molecule has 0 atom stereocenters. The molecule has 5 rings (SSSR count). The molecule has 0 N–H and O–H groups in total. The minimum absolute atomic E-state index is 0.00662. The Hall–Kier alpha value is -3.75. The van der Waals surface area contributed by atoms with Gasteiger partial charge in [-0.25, -0.2) is 14.5 Å². The molecule has 3 aromatic heterocycles. The highest BCUT2D eigenvalue weighted by Gasteiger charge is 2.24. The van der Waals surface area contributed by atoms with Gasteiger partial charge in [-0.3, -0.25) is 14.2 Å². The topological polar surface area (TPSA) is 94.6 Å². The van der Waals surface area contributed by atoms with Crippen LogP contribution in [-0.2, 0) is 11.3 Å². The zero-order valence-corrected chi connectivity index (χ0v) is 16.9. The van der Waals surface area contributed by atoms with E-state index in [4.69, 9.17) is 4.74 Å². The van der Waals surface area contributed by atoms with Crippen LogP contribution in [0.5, 0.6) is 5.88 Å². The molecule has 0 saturated carbocycles. The average Bonchev–Trinajstić information content (AvgIpc) is 3.28. The predicted molar refractivity (Wildman–Crippen MR) is 114 cm³/mol. The van der Waals surface area contributed by atoms with Crippen molar-refractivity contribution in [3.05, 3.63) is 65.5 Å². The molecule has 0 radical (unpaired) electrons. The summed E-state index contributed by atoms with van der Waals surface area (Å²) in [4.78, 5) is 35.6. The number of amides is 1. The Kier molecular flexibility index (Phi) is 5.07. The van der Waals surface area contributed by atoms with Crippen LogP contribution in [0.3, 0.4) is 0 Å². The van der Waals surface area contributed by atoms with Gasteiger partial charge in [0.15, 0.2) is 5.65 Å². The van der Waals surface area contributed by atoms with Gasteiger partial charge in [0.05, 0.1) is 23.8 Å². The van der Waals surface area contributed by atoms with Gasteiger partial charge >= 0.3 is 0 Å². The maximum atomic E-state index is 12.7. The Labute approximate surface area is 177 Å². The number of fused-ring (bicyclic) bond motifs is 2. The summed E-state index contributed by atoms with van der Waals surface area (Å²) in [6.07, 6.45) is 6.63. The monoisotopic (exact) mass is 418 g/mol. The van der Waals surface area contributed by atoms with Crippen molar-refractivity contribution in [2.75, 3.05) is 19.7 Å². The number of carbonyl (C=O) groups is 1. The first-order valence-electron chi connectivity index (χ1n) is 10.3. The smallest absolute Gasteiger partial charge is 0.261 e. The molecule has 9 nitrogen and oxygen atoms in total. The Bertz CT molecular complexity index is 1290. The Balaban J connectivity index is 1.15. The maximum Gasteiger partial charge on any atom is 0.261 e. The van der Waals surface area contributed by atoms with Gasteiger partial charge < -0.3 is 9.64 Å². The van der Waals surface area contributed by atoms with E-state index in [1.165, 1.54) is 10.9 Å². The number of hydrogen-bond donors (Lipinski definition) is 0. The minimum atomic E-state index is -0.190. The lowest BCUT2D eigenvalue weighted by Gasteiger charge is -2.32. The van der Waals surface area contributed by atoms with Crippen molar-refractivity contribution in [3.8, 4) is 5.88 Å². The van der Waals surface area contributed by atoms with E-state index in [0.29, 0.717) is 42.4 Å². The molecule has 1 amide bonds. The molecule has 9 heteroatoms. The molecule has 0 spiro atoms. The predicted octanol–water partition coefficient (Wildman–Crippen LogP) is 1.76. The second-order valence-electron chi connectivity index (χ2n) is 7.73. The van der Waals surface area contributed by atoms with Crippen LogP contribution in [0.15, 0.2) is 59.9 Å². The molecule has 1 aliphatic heterocycles. The number of hydrogen-bond acceptors (Lipinski definition) is 6. The van der Waals surface area contributed by atoms with Gasteiger partial charge in [-0.05, 0) is 37.0 Å². The number of piperidine rings is 1. The maximum absolute atomic E-state index is 12.7. The van der Waals surface area contributed by atoms with E-state index in [1.54, 1.807) is 35.1 Å². The number of nitrogens with zero attached hydrogens (tertiary/aromatic N) is 6. The van der Waals surface area contributed by atoms with Gasteiger partial charge in [-0.1, -0.05) is 12.1 Å². The van der Waals surface area contributed by atoms with Crippen molar-refractivity contribution in [2.24, 2.45) is 5.92 Å². The number of ether oxygens (including phenoxy) is 1. The molecule has 0 bridgehead atoms. The fourth-order valence-electron chi connectivity index (χ4n) is 3.89. The average molecular weight is 418 g/mol. The lowest BCUT2D eigenvalue weighted by Crippen LogP contribution is -2.42. The van der Waals surface area contributed by atoms with Gasteiger partial charge in [0.2, 0.25) is 11.8 Å². The van der Waals surface area contributed by atoms with Gasteiger partial charge in [-0.2, -0.15) is 0 Å². The molecule has 1 saturated heterocycles. The molecule has 0 unspecified atom stereocenters. The van der Waals surface area contributed by atoms with Crippen LogP contribution in [0.1, 0.15) is 12.8 Å². The molecule has 1 fully saturated rings. The summed E-state index contributed by atoms with van der Waals surface area (Å²) in [5.74, 6) is 0.854. The first-order chi connectivity index (χ1) is 15.2. The fourth-order valence-corrected chi connectivity index (χ4v) is 3.89. The lowest BCUT2D eigenvalue weighted by atomic mass is 9.98. The SMILES string of the molecule is O=C(Cn1cnc2ccccc2c1=O)N1CCC(COc2ccc3nccn3n2)CC1. The van der Waals surface area contributed by atoms with E-state index in [-0.39, 0.29) is 18.0 Å². The summed E-state index contributed by atoms with van der Waals surface area (Å²) in [7, 11) is 0. The third-order valence-corrected chi connectivity index (χ3v) is 5.70. The zero-order chi connectivity index (χ0) is 21.2. The zero-order valence-electron chi connectivity index (χ0n) is 16.9. The van der Waals surface area contributed by atoms with E-state index in [0.717, 1.165) is 18.5 Å². The summed E-state index contributed by atoms with van der Waals surface area (Å²) in [5, 5.41) is 4.89. The van der Waals surface area contributed by atoms with E-state index in [1.807, 2.05) is 23.1 Å². The van der Waals surface area contributed by atoms with Crippen LogP contribution in [0.25, 0.3) is 16.6 Å². The number of para-hydroxylation sites is 1. The van der Waals surface area contributed by atoms with Crippen molar-refractivity contribution in [1.29, 1.82) is 0 Å². The molecule has 1 aliphatic rings. The van der Waals surface area contributed by atoms with E-state index >= 15 is 0 Å². The summed E-state index contributed by atoms with van der Waals surface area (Å²) < 4.78 is 8.92. The molecule has 31 heavy (non-hydrogen) atoms. The number of likely N-dealkylation sites (tertiary alicyclic amines) is 1. The van der Waals surface area contributed by atoms with Crippen molar-refractivity contribution in [2.45, 2.75) is 19.4 Å². The summed E-state index contributed by atoms with van der Waals surface area (Å²) in [6.45, 7) is 1.86. The number of rotatable bonds is 5. The molecular formula is C22H22N6O3. The number of aromatic nitrogens is 5. The van der Waals surface area contributed by atoms with E-state index < -0.39 is 0 Å². The minimum Gasteiger partial charge on any atom is -0.476 e. The molecule has 4 heterocycles. The van der Waals surface area contributed by atoms with E-state index in [9.17, 15) is 9.59 Å². The Morgan fingerprint density at radius 2 is 1.94 bits per heavy atom. The number of imidazole rings is 1. The largest absolute Gasteiger partial charge is 0.476 e. The summed E-state index contributed by atoms with van der Waals surface area (Å²) in [5.41, 5.74) is 1.23. The summed E-state index contributed by atoms with van der Waals surface area (Å²) in [6, 6.07) is 10.8. The quantitative estimate of drug-likeness (QED) is 0.490. The number of benzene rings is 1. The van der Waals surface area contributed by atoms with Crippen LogP contribution in [0.4, 0.5) is 0 Å². The molecule has 0 aliphatic carbocycles. The Morgan fingerprint density at radius 3 is 2.81 bits per heavy atom. The van der Waals surface area contributed by atoms with Crippen LogP contribution in [0.2, 0.25) is 0 Å². The molecule has 1 aromatic carbocycles. The normalized spacial score (nSPS) is 14.9. The van der Waals surface area contributed by atoms with Crippen LogP contribution in [-0.4, -0.2) is 54.7 Å². The first kappa shape index (κ1) is 19.2. The van der Waals surface area contributed by atoms with Gasteiger partial charge in [0.25, 0.3) is 5.56 Å². The van der Waals surface area contributed by atoms with Crippen molar-refractivity contribution in [3.63, 3.8) is 0 Å². The third-order valence-electron chi connectivity index (χ3n) is 5.70. The van der Waals surface area contributed by atoms with Gasteiger partial charge in [0, 0.05) is 31.5 Å². The molecule has 4 aromatic rings. The first-order valence-corrected chi connectivity index (χ1v) is 10.3. The second kappa shape index (κ2) is 8.17. The molecular weight excluding hydrogens is 396 g/mol. The second-order valence-corrected chi connectivity index (χ2v) is 7.73. The van der Waals surface area contributed by atoms with Crippen molar-refractivity contribution >= 4 is 22.5 Å². The van der Waals surface area contributed by atoms with Crippen LogP contribution in [0, 0.1) is 5.92 Å². The third kappa shape index (κ3) is 3.98. The summed E-state index contributed by atoms with van der Waals surface area (Å²) >= 11 is 0. The van der Waals surface area contributed by atoms with Crippen LogP contribution >= 0.6 is 0 Å². The van der Waals surface area contributed by atoms with Gasteiger partial charge in [0.1, 0.15) is 6.54 Å². The molecule has 158 valence electrons. The standard InChI is InChI=1S/C22H22N6O3/c29-21(13-27-15-24-18-4-2-1-3-17(18)22(27)30)26-10-7-16(8-11-26)14-31-20-6-5-19-23-9-12-28(19)25-20/h1-6,9,12,15-16H,7-8,10-11,13-14H2. The highest BCUT2D eigenvalue weighted by molar-refractivity contribution is 5.79. The van der Waals surface area contributed by atoms with Crippen molar-refractivity contribution in [1.82, 2.24) is 29.0 Å². The highest BCUT2D eigenvalue weighted by Crippen LogP contribution is 2.19. The highest BCUT2D eigenvalue weighted by atomic mass is 16.5.